The third-order valence-corrected chi connectivity index (χ3v) is 8.13. The van der Waals surface area contributed by atoms with Crippen molar-refractivity contribution in [3.05, 3.63) is 74.5 Å². The predicted octanol–water partition coefficient (Wildman–Crippen LogP) is 5.46. The van der Waals surface area contributed by atoms with Crippen molar-refractivity contribution >= 4 is 28.5 Å². The Morgan fingerprint density at radius 2 is 1.87 bits per heavy atom. The van der Waals surface area contributed by atoms with Gasteiger partial charge in [0.25, 0.3) is 5.56 Å². The van der Waals surface area contributed by atoms with Gasteiger partial charge in [-0.15, -0.1) is 0 Å². The molecule has 0 bridgehead atoms. The quantitative estimate of drug-likeness (QED) is 0.366. The second-order valence-electron chi connectivity index (χ2n) is 10.0. The average Bonchev–Trinajstić information content (AvgIpc) is 3.46. The summed E-state index contributed by atoms with van der Waals surface area (Å²) in [5.41, 5.74) is 0.397. The second-order valence-corrected chi connectivity index (χ2v) is 10.5. The number of hydrogen-bond donors (Lipinski definition) is 2. The molecule has 2 N–H and O–H groups in total. The lowest BCUT2D eigenvalue weighted by Crippen LogP contribution is -2.46. The third-order valence-electron chi connectivity index (χ3n) is 7.84. The van der Waals surface area contributed by atoms with E-state index in [0.717, 1.165) is 31.2 Å². The molecule has 9 heteroatoms. The molecule has 0 saturated heterocycles. The van der Waals surface area contributed by atoms with Gasteiger partial charge < -0.3 is 24.3 Å². The van der Waals surface area contributed by atoms with E-state index >= 15 is 0 Å². The Morgan fingerprint density at radius 1 is 1.13 bits per heavy atom. The first-order chi connectivity index (χ1) is 18.3. The summed E-state index contributed by atoms with van der Waals surface area (Å²) in [4.78, 5) is 33.1. The average molecular weight is 539 g/mol. The number of fused-ring (bicyclic) bond motifs is 1. The van der Waals surface area contributed by atoms with Crippen LogP contribution in [0.1, 0.15) is 49.9 Å². The van der Waals surface area contributed by atoms with Crippen LogP contribution in [0.5, 0.6) is 11.5 Å². The molecule has 200 valence electrons. The van der Waals surface area contributed by atoms with Gasteiger partial charge in [0, 0.05) is 18.9 Å². The molecule has 2 aliphatic rings. The number of carbonyl (C=O) groups is 1. The van der Waals surface area contributed by atoms with Crippen LogP contribution in [-0.2, 0) is 22.4 Å². The van der Waals surface area contributed by atoms with Gasteiger partial charge in [-0.1, -0.05) is 36.6 Å². The third kappa shape index (κ3) is 4.97. The highest BCUT2D eigenvalue weighted by Crippen LogP contribution is 2.46. The summed E-state index contributed by atoms with van der Waals surface area (Å²) in [5.74, 6) is 1.01. The number of nitrogens with zero attached hydrogens (tertiary/aromatic N) is 1. The van der Waals surface area contributed by atoms with Gasteiger partial charge in [-0.25, -0.2) is 9.78 Å². The van der Waals surface area contributed by atoms with E-state index in [2.05, 4.69) is 9.97 Å². The fourth-order valence-corrected chi connectivity index (χ4v) is 6.10. The van der Waals surface area contributed by atoms with E-state index in [4.69, 9.17) is 25.8 Å². The normalized spacial score (nSPS) is 20.1. The summed E-state index contributed by atoms with van der Waals surface area (Å²) in [6, 6.07) is 10.6. The van der Waals surface area contributed by atoms with Crippen molar-refractivity contribution < 1.29 is 24.1 Å². The molecule has 1 fully saturated rings. The number of esters is 1. The Balaban J connectivity index is 1.43. The number of aliphatic hydroxyl groups excluding tert-OH is 1. The van der Waals surface area contributed by atoms with Crippen LogP contribution in [0.15, 0.2) is 52.5 Å². The van der Waals surface area contributed by atoms with Gasteiger partial charge in [-0.2, -0.15) is 0 Å². The van der Waals surface area contributed by atoms with E-state index in [9.17, 15) is 14.7 Å². The zero-order chi connectivity index (χ0) is 26.9. The number of rotatable bonds is 8. The number of aryl methyl sites for hydroxylation is 1. The van der Waals surface area contributed by atoms with Gasteiger partial charge in [0.05, 0.1) is 35.7 Å². The number of hydrogen-bond acceptors (Lipinski definition) is 7. The van der Waals surface area contributed by atoms with Crippen LogP contribution in [0, 0.1) is 5.92 Å². The van der Waals surface area contributed by atoms with Crippen LogP contribution in [0.25, 0.3) is 10.9 Å². The Morgan fingerprint density at radius 3 is 2.58 bits per heavy atom. The molecule has 1 saturated carbocycles. The zero-order valence-corrected chi connectivity index (χ0v) is 22.3. The molecule has 3 aromatic rings. The molecular formula is C29H31ClN2O6. The minimum Gasteiger partial charge on any atom is -0.512 e. The molecule has 1 aliphatic carbocycles. The summed E-state index contributed by atoms with van der Waals surface area (Å²) in [6.07, 6.45) is 5.20. The number of cyclic esters (lactones) is 1. The number of benzene rings is 2. The first-order valence-electron chi connectivity index (χ1n) is 12.9. The fourth-order valence-electron chi connectivity index (χ4n) is 5.84. The van der Waals surface area contributed by atoms with Gasteiger partial charge in [0.1, 0.15) is 28.7 Å². The monoisotopic (exact) mass is 538 g/mol. The zero-order valence-electron chi connectivity index (χ0n) is 21.5. The fraction of sp³-hybridized carbons (Fsp3) is 0.414. The van der Waals surface area contributed by atoms with Crippen molar-refractivity contribution in [2.75, 3.05) is 14.2 Å². The van der Waals surface area contributed by atoms with Crippen LogP contribution in [0.2, 0.25) is 5.02 Å². The molecule has 1 aliphatic heterocycles. The molecule has 1 atom stereocenters. The van der Waals surface area contributed by atoms with Crippen molar-refractivity contribution in [2.24, 2.45) is 5.92 Å². The highest BCUT2D eigenvalue weighted by molar-refractivity contribution is 6.32. The summed E-state index contributed by atoms with van der Waals surface area (Å²) in [5, 5.41) is 12.1. The van der Waals surface area contributed by atoms with Gasteiger partial charge in [-0.3, -0.25) is 4.79 Å². The maximum Gasteiger partial charge on any atom is 0.338 e. The lowest BCUT2D eigenvalue weighted by atomic mass is 9.76. The maximum atomic E-state index is 13.4. The van der Waals surface area contributed by atoms with Crippen molar-refractivity contribution in [1.82, 2.24) is 9.97 Å². The molecule has 0 spiro atoms. The number of ether oxygens (including phenoxy) is 3. The molecule has 1 unspecified atom stereocenters. The standard InChI is InChI=1S/C29H31ClN2O6/c1-36-24-15-25(37-2)21(30)13-17(24)11-12-29(18-7-3-4-8-18)16-23(33)20(28(35)38-29)14-26-31-22-10-6-5-9-19(22)27(34)32-26/h5-6,9-10,13,15,18,33H,3-4,7-8,11-12,14,16H2,1-2H3,(H,31,32,34). The first-order valence-corrected chi connectivity index (χ1v) is 13.2. The lowest BCUT2D eigenvalue weighted by molar-refractivity contribution is -0.167. The molecule has 5 rings (SSSR count). The minimum absolute atomic E-state index is 0.0105. The lowest BCUT2D eigenvalue weighted by Gasteiger charge is -2.42. The number of aromatic nitrogens is 2. The summed E-state index contributed by atoms with van der Waals surface area (Å²) >= 11 is 6.39. The Labute approximate surface area is 225 Å². The number of para-hydroxylation sites is 1. The van der Waals surface area contributed by atoms with Gasteiger partial charge in [0.2, 0.25) is 0 Å². The summed E-state index contributed by atoms with van der Waals surface area (Å²) < 4.78 is 17.1. The van der Waals surface area contributed by atoms with E-state index in [1.807, 2.05) is 6.07 Å². The molecule has 38 heavy (non-hydrogen) atoms. The number of aliphatic hydroxyl groups is 1. The highest BCUT2D eigenvalue weighted by Gasteiger charge is 2.48. The summed E-state index contributed by atoms with van der Waals surface area (Å²) in [6.45, 7) is 0. The SMILES string of the molecule is COc1cc(OC)c(CCC2(C3CCCC3)CC(O)=C(Cc3nc4ccccc4c(=O)[nH]3)C(=O)O2)cc1Cl. The second kappa shape index (κ2) is 10.7. The van der Waals surface area contributed by atoms with Crippen molar-refractivity contribution in [3.8, 4) is 11.5 Å². The van der Waals surface area contributed by atoms with E-state index in [1.54, 1.807) is 44.6 Å². The summed E-state index contributed by atoms with van der Waals surface area (Å²) in [7, 11) is 3.14. The van der Waals surface area contributed by atoms with E-state index in [1.165, 1.54) is 0 Å². The number of carbonyl (C=O) groups excluding carboxylic acids is 1. The van der Waals surface area contributed by atoms with Crippen LogP contribution in [0.4, 0.5) is 0 Å². The largest absolute Gasteiger partial charge is 0.512 e. The number of H-pyrrole nitrogens is 1. The van der Waals surface area contributed by atoms with Crippen LogP contribution < -0.4 is 15.0 Å². The number of halogens is 1. The molecule has 0 amide bonds. The van der Waals surface area contributed by atoms with Gasteiger partial charge in [0.15, 0.2) is 0 Å². The van der Waals surface area contributed by atoms with Crippen molar-refractivity contribution in [2.45, 2.75) is 57.0 Å². The molecule has 2 aromatic carbocycles. The van der Waals surface area contributed by atoms with Crippen LogP contribution >= 0.6 is 11.6 Å². The van der Waals surface area contributed by atoms with Gasteiger partial charge >= 0.3 is 5.97 Å². The van der Waals surface area contributed by atoms with E-state index < -0.39 is 11.6 Å². The number of aromatic amines is 1. The molecule has 0 radical (unpaired) electrons. The Bertz CT molecular complexity index is 1460. The first kappa shape index (κ1) is 26.1. The highest BCUT2D eigenvalue weighted by atomic mass is 35.5. The molecule has 1 aromatic heterocycles. The van der Waals surface area contributed by atoms with E-state index in [0.29, 0.717) is 46.1 Å². The number of nitrogens with one attached hydrogen (secondary N) is 1. The van der Waals surface area contributed by atoms with E-state index in [-0.39, 0.29) is 35.7 Å². The minimum atomic E-state index is -0.844. The molecule has 2 heterocycles. The van der Waals surface area contributed by atoms with Crippen LogP contribution in [0.3, 0.4) is 0 Å². The van der Waals surface area contributed by atoms with Crippen molar-refractivity contribution in [3.63, 3.8) is 0 Å². The predicted molar refractivity (Wildman–Crippen MR) is 144 cm³/mol. The molecule has 8 nitrogen and oxygen atoms in total. The van der Waals surface area contributed by atoms with Crippen molar-refractivity contribution in [1.29, 1.82) is 0 Å². The topological polar surface area (TPSA) is 111 Å². The smallest absolute Gasteiger partial charge is 0.338 e. The number of methoxy groups -OCH3 is 2. The Hall–Kier alpha value is -3.52. The molecular weight excluding hydrogens is 508 g/mol. The maximum absolute atomic E-state index is 13.4. The van der Waals surface area contributed by atoms with Crippen LogP contribution in [-0.4, -0.2) is 40.9 Å². The Kier molecular flexibility index (Phi) is 7.34. The van der Waals surface area contributed by atoms with Gasteiger partial charge in [-0.05, 0) is 55.4 Å².